The van der Waals surface area contributed by atoms with Crippen molar-refractivity contribution in [1.29, 1.82) is 0 Å². The summed E-state index contributed by atoms with van der Waals surface area (Å²) >= 11 is 4.81. The molecule has 0 bridgehead atoms. The van der Waals surface area contributed by atoms with E-state index < -0.39 is 34.8 Å². The van der Waals surface area contributed by atoms with Crippen molar-refractivity contribution in [3.8, 4) is 5.75 Å². The molecule has 122 valence electrons. The van der Waals surface area contributed by atoms with Crippen LogP contribution in [-0.2, 0) is 0 Å². The normalized spacial score (nSPS) is 10.3. The average molecular weight is 348 g/mol. The number of anilines is 2. The second-order valence-electron chi connectivity index (χ2n) is 4.22. The summed E-state index contributed by atoms with van der Waals surface area (Å²) in [5.74, 6) is -10.0. The first-order valence-corrected chi connectivity index (χ1v) is 6.50. The molecule has 9 heteroatoms. The van der Waals surface area contributed by atoms with Gasteiger partial charge in [0.1, 0.15) is 11.4 Å². The molecular weight excluding hydrogens is 339 g/mol. The maximum absolute atomic E-state index is 13.6. The summed E-state index contributed by atoms with van der Waals surface area (Å²) in [4.78, 5) is 0. The predicted molar refractivity (Wildman–Crippen MR) is 79.1 cm³/mol. The fourth-order valence-electron chi connectivity index (χ4n) is 1.73. The SMILES string of the molecule is COc1ccccc1NC(=S)Nc1c(F)c(F)c(F)c(F)c1F. The zero-order valence-corrected chi connectivity index (χ0v) is 12.3. The van der Waals surface area contributed by atoms with Gasteiger partial charge in [-0.2, -0.15) is 0 Å². The molecule has 2 aromatic rings. The van der Waals surface area contributed by atoms with E-state index >= 15 is 0 Å². The molecule has 0 saturated carbocycles. The van der Waals surface area contributed by atoms with Crippen molar-refractivity contribution in [1.82, 2.24) is 0 Å². The molecule has 0 amide bonds. The van der Waals surface area contributed by atoms with Gasteiger partial charge in [0, 0.05) is 0 Å². The van der Waals surface area contributed by atoms with Crippen LogP contribution in [0.15, 0.2) is 24.3 Å². The minimum atomic E-state index is -2.24. The van der Waals surface area contributed by atoms with Gasteiger partial charge in [0.2, 0.25) is 5.82 Å². The van der Waals surface area contributed by atoms with Gasteiger partial charge in [0.25, 0.3) is 0 Å². The van der Waals surface area contributed by atoms with Crippen molar-refractivity contribution in [2.24, 2.45) is 0 Å². The zero-order chi connectivity index (χ0) is 17.1. The van der Waals surface area contributed by atoms with Crippen molar-refractivity contribution < 1.29 is 26.7 Å². The number of para-hydroxylation sites is 2. The molecule has 0 heterocycles. The lowest BCUT2D eigenvalue weighted by atomic mass is 10.2. The third-order valence-electron chi connectivity index (χ3n) is 2.80. The summed E-state index contributed by atoms with van der Waals surface area (Å²) in [5.41, 5.74) is -0.898. The maximum Gasteiger partial charge on any atom is 0.200 e. The van der Waals surface area contributed by atoms with Crippen LogP contribution in [0.25, 0.3) is 0 Å². The van der Waals surface area contributed by atoms with Gasteiger partial charge in [-0.25, -0.2) is 22.0 Å². The topological polar surface area (TPSA) is 33.3 Å². The molecule has 0 aliphatic heterocycles. The molecule has 2 N–H and O–H groups in total. The average Bonchev–Trinajstić information content (AvgIpc) is 2.55. The van der Waals surface area contributed by atoms with Crippen LogP contribution in [0.4, 0.5) is 33.3 Å². The number of thiocarbonyl (C=S) groups is 1. The van der Waals surface area contributed by atoms with E-state index in [2.05, 4.69) is 5.32 Å². The van der Waals surface area contributed by atoms with Crippen molar-refractivity contribution in [3.05, 3.63) is 53.4 Å². The number of rotatable bonds is 3. The Morgan fingerprint density at radius 1 is 0.870 bits per heavy atom. The highest BCUT2D eigenvalue weighted by Crippen LogP contribution is 2.28. The molecule has 0 fully saturated rings. The fourth-order valence-corrected chi connectivity index (χ4v) is 1.94. The van der Waals surface area contributed by atoms with Crippen molar-refractivity contribution >= 4 is 28.7 Å². The lowest BCUT2D eigenvalue weighted by Gasteiger charge is -2.14. The first-order chi connectivity index (χ1) is 10.9. The van der Waals surface area contributed by atoms with E-state index in [0.29, 0.717) is 11.4 Å². The molecule has 3 nitrogen and oxygen atoms in total. The third-order valence-corrected chi connectivity index (χ3v) is 3.01. The highest BCUT2D eigenvalue weighted by Gasteiger charge is 2.26. The van der Waals surface area contributed by atoms with Crippen LogP contribution in [-0.4, -0.2) is 12.2 Å². The number of ether oxygens (including phenoxy) is 1. The number of hydrogen-bond donors (Lipinski definition) is 2. The number of nitrogens with one attached hydrogen (secondary N) is 2. The molecule has 23 heavy (non-hydrogen) atoms. The lowest BCUT2D eigenvalue weighted by Crippen LogP contribution is -2.22. The molecule has 2 aromatic carbocycles. The minimum Gasteiger partial charge on any atom is -0.495 e. The molecule has 0 saturated heterocycles. The van der Waals surface area contributed by atoms with Gasteiger partial charge in [0.05, 0.1) is 12.8 Å². The van der Waals surface area contributed by atoms with Gasteiger partial charge in [-0.3, -0.25) is 0 Å². The summed E-state index contributed by atoms with van der Waals surface area (Å²) in [6.07, 6.45) is 0. The Morgan fingerprint density at radius 3 is 1.96 bits per heavy atom. The van der Waals surface area contributed by atoms with Gasteiger partial charge in [-0.05, 0) is 24.4 Å². The van der Waals surface area contributed by atoms with Crippen LogP contribution in [0.5, 0.6) is 5.75 Å². The maximum atomic E-state index is 13.6. The molecular formula is C14H9F5N2OS. The van der Waals surface area contributed by atoms with Gasteiger partial charge in [-0.15, -0.1) is 0 Å². The Hall–Kier alpha value is -2.42. The third kappa shape index (κ3) is 3.34. The summed E-state index contributed by atoms with van der Waals surface area (Å²) in [7, 11) is 1.39. The molecule has 0 radical (unpaired) electrons. The van der Waals surface area contributed by atoms with Crippen molar-refractivity contribution in [3.63, 3.8) is 0 Å². The van der Waals surface area contributed by atoms with Crippen LogP contribution in [0.1, 0.15) is 0 Å². The predicted octanol–water partition coefficient (Wildman–Crippen LogP) is 4.20. The zero-order valence-electron chi connectivity index (χ0n) is 11.5. The van der Waals surface area contributed by atoms with E-state index in [0.717, 1.165) is 0 Å². The molecule has 2 rings (SSSR count). The van der Waals surface area contributed by atoms with E-state index in [-0.39, 0.29) is 5.11 Å². The highest BCUT2D eigenvalue weighted by molar-refractivity contribution is 7.80. The largest absolute Gasteiger partial charge is 0.495 e. The fraction of sp³-hybridized carbons (Fsp3) is 0.0714. The van der Waals surface area contributed by atoms with Crippen molar-refractivity contribution in [2.75, 3.05) is 17.7 Å². The minimum absolute atomic E-state index is 0.344. The van der Waals surface area contributed by atoms with Crippen LogP contribution >= 0.6 is 12.2 Å². The van der Waals surface area contributed by atoms with Crippen LogP contribution in [0.3, 0.4) is 0 Å². The Labute approximate surface area is 133 Å². The summed E-state index contributed by atoms with van der Waals surface area (Å²) in [6, 6.07) is 6.44. The molecule has 0 aromatic heterocycles. The number of halogens is 5. The second-order valence-corrected chi connectivity index (χ2v) is 4.63. The van der Waals surface area contributed by atoms with Crippen LogP contribution in [0.2, 0.25) is 0 Å². The van der Waals surface area contributed by atoms with Gasteiger partial charge in [-0.1, -0.05) is 12.1 Å². The summed E-state index contributed by atoms with van der Waals surface area (Å²) < 4.78 is 71.3. The molecule has 0 atom stereocenters. The van der Waals surface area contributed by atoms with E-state index in [9.17, 15) is 22.0 Å². The molecule has 0 aliphatic carbocycles. The highest BCUT2D eigenvalue weighted by atomic mass is 32.1. The Morgan fingerprint density at radius 2 is 1.39 bits per heavy atom. The van der Waals surface area contributed by atoms with Crippen LogP contribution < -0.4 is 15.4 Å². The Balaban J connectivity index is 2.28. The number of hydrogen-bond acceptors (Lipinski definition) is 2. The van der Waals surface area contributed by atoms with Gasteiger partial charge >= 0.3 is 0 Å². The van der Waals surface area contributed by atoms with E-state index in [1.165, 1.54) is 7.11 Å². The second kappa shape index (κ2) is 6.78. The smallest absolute Gasteiger partial charge is 0.200 e. The Bertz CT molecular complexity index is 740. The molecule has 0 unspecified atom stereocenters. The van der Waals surface area contributed by atoms with Gasteiger partial charge in [0.15, 0.2) is 28.4 Å². The number of benzene rings is 2. The first kappa shape index (κ1) is 16.9. The monoisotopic (exact) mass is 348 g/mol. The van der Waals surface area contributed by atoms with E-state index in [1.54, 1.807) is 24.3 Å². The molecule has 0 spiro atoms. The molecule has 0 aliphatic rings. The van der Waals surface area contributed by atoms with Crippen LogP contribution in [0, 0.1) is 29.1 Å². The van der Waals surface area contributed by atoms with E-state index in [4.69, 9.17) is 17.0 Å². The first-order valence-electron chi connectivity index (χ1n) is 6.09. The lowest BCUT2D eigenvalue weighted by molar-refractivity contribution is 0.382. The standard InChI is InChI=1S/C14H9F5N2OS/c1-22-7-5-3-2-4-6(7)20-14(23)21-13-11(18)9(16)8(15)10(17)12(13)19/h2-5H,1H3,(H2,20,21,23). The quantitative estimate of drug-likeness (QED) is 0.377. The summed E-state index contributed by atoms with van der Waals surface area (Å²) in [5, 5.41) is 4.12. The van der Waals surface area contributed by atoms with Gasteiger partial charge < -0.3 is 15.4 Å². The summed E-state index contributed by atoms with van der Waals surface area (Å²) in [6.45, 7) is 0. The van der Waals surface area contributed by atoms with E-state index in [1.807, 2.05) is 5.32 Å². The Kier molecular flexibility index (Phi) is 4.99. The van der Waals surface area contributed by atoms with Crippen molar-refractivity contribution in [2.45, 2.75) is 0 Å². The number of methoxy groups -OCH3 is 1.